The Hall–Kier alpha value is -2.15. The molecular weight excluding hydrogens is 400 g/mol. The highest BCUT2D eigenvalue weighted by Gasteiger charge is 2.48. The minimum atomic E-state index is -0.903. The van der Waals surface area contributed by atoms with E-state index in [1.165, 1.54) is 16.2 Å². The lowest BCUT2D eigenvalue weighted by molar-refractivity contribution is -0.151. The van der Waals surface area contributed by atoms with Gasteiger partial charge < -0.3 is 15.7 Å². The standard InChI is InChI=1S/C23H28N2O4S/c1-11-2-9-15-16(10-11)30-22(19(15)21(27)24-14-7-8-14)25-20(26)17-12-3-5-13(6-4-12)18(17)23(28)29/h3,5,11-14,17-18H,2,4,6-10H2,1H3,(H,24,27)(H,25,26)(H,28,29)/t11-,12+,13-,17-,18-/m0/s1. The summed E-state index contributed by atoms with van der Waals surface area (Å²) in [4.78, 5) is 39.5. The van der Waals surface area contributed by atoms with Crippen LogP contribution in [-0.2, 0) is 22.4 Å². The van der Waals surface area contributed by atoms with Gasteiger partial charge >= 0.3 is 5.97 Å². The third kappa shape index (κ3) is 3.47. The van der Waals surface area contributed by atoms with Gasteiger partial charge in [0.25, 0.3) is 5.91 Å². The molecule has 0 spiro atoms. The molecule has 0 aromatic carbocycles. The number of carbonyl (C=O) groups excluding carboxylic acids is 2. The van der Waals surface area contributed by atoms with E-state index in [9.17, 15) is 19.5 Å². The second kappa shape index (κ2) is 7.52. The molecular formula is C23H28N2O4S. The molecule has 2 amide bonds. The van der Waals surface area contributed by atoms with Crippen molar-refractivity contribution in [2.24, 2.45) is 29.6 Å². The monoisotopic (exact) mass is 428 g/mol. The highest BCUT2D eigenvalue weighted by molar-refractivity contribution is 7.17. The van der Waals surface area contributed by atoms with E-state index in [0.717, 1.165) is 50.5 Å². The third-order valence-corrected chi connectivity index (χ3v) is 8.39. The molecule has 6 rings (SSSR count). The van der Waals surface area contributed by atoms with Crippen molar-refractivity contribution in [3.05, 3.63) is 28.2 Å². The zero-order valence-corrected chi connectivity index (χ0v) is 18.0. The lowest BCUT2D eigenvalue weighted by Gasteiger charge is -2.41. The van der Waals surface area contributed by atoms with Crippen molar-refractivity contribution in [2.75, 3.05) is 5.32 Å². The molecule has 0 radical (unpaired) electrons. The van der Waals surface area contributed by atoms with Crippen LogP contribution in [0.2, 0.25) is 0 Å². The maximum absolute atomic E-state index is 13.3. The molecule has 5 atom stereocenters. The zero-order chi connectivity index (χ0) is 21.0. The first kappa shape index (κ1) is 19.8. The van der Waals surface area contributed by atoms with Crippen LogP contribution in [0.25, 0.3) is 0 Å². The average molecular weight is 429 g/mol. The van der Waals surface area contributed by atoms with Gasteiger partial charge in [0.2, 0.25) is 5.91 Å². The molecule has 160 valence electrons. The van der Waals surface area contributed by atoms with Crippen LogP contribution >= 0.6 is 11.3 Å². The lowest BCUT2D eigenvalue weighted by Crippen LogP contribution is -2.47. The minimum Gasteiger partial charge on any atom is -0.481 e. The quantitative estimate of drug-likeness (QED) is 0.624. The molecule has 6 nitrogen and oxygen atoms in total. The summed E-state index contributed by atoms with van der Waals surface area (Å²) in [6.07, 6.45) is 10.5. The van der Waals surface area contributed by atoms with Crippen LogP contribution in [0.3, 0.4) is 0 Å². The van der Waals surface area contributed by atoms with Crippen LogP contribution in [0.5, 0.6) is 0 Å². The molecule has 1 aromatic rings. The molecule has 2 fully saturated rings. The number of nitrogens with one attached hydrogen (secondary N) is 2. The van der Waals surface area contributed by atoms with Crippen molar-refractivity contribution in [3.63, 3.8) is 0 Å². The highest BCUT2D eigenvalue weighted by atomic mass is 32.1. The van der Waals surface area contributed by atoms with Crippen LogP contribution in [0.15, 0.2) is 12.2 Å². The van der Waals surface area contributed by atoms with E-state index in [4.69, 9.17) is 0 Å². The van der Waals surface area contributed by atoms with Crippen molar-refractivity contribution in [1.29, 1.82) is 0 Å². The second-order valence-electron chi connectivity index (χ2n) is 9.47. The van der Waals surface area contributed by atoms with Crippen LogP contribution < -0.4 is 10.6 Å². The second-order valence-corrected chi connectivity index (χ2v) is 10.6. The number of carboxylic acid groups (broad SMARTS) is 1. The fourth-order valence-electron chi connectivity index (χ4n) is 5.45. The number of anilines is 1. The van der Waals surface area contributed by atoms with Crippen LogP contribution in [0.1, 0.15) is 59.8 Å². The van der Waals surface area contributed by atoms with E-state index in [1.54, 1.807) is 0 Å². The smallest absolute Gasteiger partial charge is 0.307 e. The van der Waals surface area contributed by atoms with Crippen molar-refractivity contribution in [2.45, 2.75) is 57.9 Å². The Morgan fingerprint density at radius 1 is 1.03 bits per heavy atom. The first-order valence-corrected chi connectivity index (χ1v) is 11.9. The van der Waals surface area contributed by atoms with E-state index in [2.05, 4.69) is 17.6 Å². The van der Waals surface area contributed by atoms with Gasteiger partial charge in [-0.2, -0.15) is 0 Å². The number of aliphatic carboxylic acids is 1. The van der Waals surface area contributed by atoms with E-state index in [-0.39, 0.29) is 29.7 Å². The van der Waals surface area contributed by atoms with Gasteiger partial charge in [-0.3, -0.25) is 14.4 Å². The summed E-state index contributed by atoms with van der Waals surface area (Å²) in [5, 5.41) is 16.5. The predicted molar refractivity (Wildman–Crippen MR) is 115 cm³/mol. The van der Waals surface area contributed by atoms with Gasteiger partial charge in [0.15, 0.2) is 0 Å². The molecule has 1 aromatic heterocycles. The SMILES string of the molecule is C[C@H]1CCc2c(sc(NC(=O)[C@@H]3[C@@H](C(=O)O)[C@H]4C=C[C@@H]3CC4)c2C(=O)NC2CC2)C1. The summed E-state index contributed by atoms with van der Waals surface area (Å²) in [6, 6.07) is 0.245. The van der Waals surface area contributed by atoms with Gasteiger partial charge in [0.05, 0.1) is 17.4 Å². The van der Waals surface area contributed by atoms with Gasteiger partial charge in [0, 0.05) is 10.9 Å². The molecule has 30 heavy (non-hydrogen) atoms. The lowest BCUT2D eigenvalue weighted by atomic mass is 9.62. The van der Waals surface area contributed by atoms with Crippen molar-refractivity contribution in [3.8, 4) is 0 Å². The number of thiophene rings is 1. The molecule has 7 heteroatoms. The Bertz CT molecular complexity index is 932. The molecule has 5 aliphatic rings. The Balaban J connectivity index is 1.45. The number of rotatable bonds is 5. The molecule has 0 unspecified atom stereocenters. The Morgan fingerprint density at radius 3 is 2.37 bits per heavy atom. The zero-order valence-electron chi connectivity index (χ0n) is 17.1. The number of hydrogen-bond donors (Lipinski definition) is 3. The first-order valence-electron chi connectivity index (χ1n) is 11.1. The van der Waals surface area contributed by atoms with Crippen LogP contribution in [0, 0.1) is 29.6 Å². The third-order valence-electron chi connectivity index (χ3n) is 7.22. The Kier molecular flexibility index (Phi) is 4.96. The van der Waals surface area contributed by atoms with Gasteiger partial charge in [-0.05, 0) is 68.3 Å². The van der Waals surface area contributed by atoms with Gasteiger partial charge in [-0.1, -0.05) is 19.1 Å². The summed E-state index contributed by atoms with van der Waals surface area (Å²) in [5.41, 5.74) is 1.69. The number of fused-ring (bicyclic) bond motifs is 3. The number of amides is 2. The molecule has 2 saturated carbocycles. The average Bonchev–Trinajstić information content (AvgIpc) is 3.46. The first-order chi connectivity index (χ1) is 14.4. The largest absolute Gasteiger partial charge is 0.481 e. The number of carbonyl (C=O) groups is 3. The summed E-state index contributed by atoms with van der Waals surface area (Å²) < 4.78 is 0. The van der Waals surface area contributed by atoms with E-state index >= 15 is 0 Å². The summed E-state index contributed by atoms with van der Waals surface area (Å²) in [5.74, 6) is -2.09. The number of allylic oxidation sites excluding steroid dienone is 2. The topological polar surface area (TPSA) is 95.5 Å². The maximum atomic E-state index is 13.3. The normalized spacial score (nSPS) is 31.8. The van der Waals surface area contributed by atoms with E-state index < -0.39 is 17.8 Å². The highest BCUT2D eigenvalue weighted by Crippen LogP contribution is 2.46. The van der Waals surface area contributed by atoms with E-state index in [0.29, 0.717) is 16.5 Å². The van der Waals surface area contributed by atoms with Gasteiger partial charge in [-0.15, -0.1) is 11.3 Å². The summed E-state index contributed by atoms with van der Waals surface area (Å²) in [7, 11) is 0. The molecule has 0 aliphatic heterocycles. The number of carboxylic acids is 1. The Morgan fingerprint density at radius 2 is 1.73 bits per heavy atom. The maximum Gasteiger partial charge on any atom is 0.307 e. The molecule has 1 heterocycles. The molecule has 3 N–H and O–H groups in total. The fourth-order valence-corrected chi connectivity index (χ4v) is 6.86. The van der Waals surface area contributed by atoms with Crippen LogP contribution in [0.4, 0.5) is 5.00 Å². The van der Waals surface area contributed by atoms with E-state index in [1.807, 2.05) is 12.2 Å². The molecule has 5 aliphatic carbocycles. The van der Waals surface area contributed by atoms with Gasteiger partial charge in [-0.25, -0.2) is 0 Å². The van der Waals surface area contributed by atoms with Crippen LogP contribution in [-0.4, -0.2) is 28.9 Å². The minimum absolute atomic E-state index is 0.0468. The molecule has 0 saturated heterocycles. The Labute approximate surface area is 180 Å². The van der Waals surface area contributed by atoms with Crippen molar-refractivity contribution < 1.29 is 19.5 Å². The molecule has 2 bridgehead atoms. The van der Waals surface area contributed by atoms with Crippen molar-refractivity contribution in [1.82, 2.24) is 5.32 Å². The summed E-state index contributed by atoms with van der Waals surface area (Å²) in [6.45, 7) is 2.22. The number of hydrogen-bond acceptors (Lipinski definition) is 4. The predicted octanol–water partition coefficient (Wildman–Crippen LogP) is 3.62. The van der Waals surface area contributed by atoms with Crippen molar-refractivity contribution >= 4 is 34.1 Å². The summed E-state index contributed by atoms with van der Waals surface area (Å²) >= 11 is 1.51. The van der Waals surface area contributed by atoms with Gasteiger partial charge in [0.1, 0.15) is 5.00 Å². The fraction of sp³-hybridized carbons (Fsp3) is 0.609.